The molecule has 1 aromatic rings. The molecule has 0 saturated carbocycles. The van der Waals surface area contributed by atoms with E-state index in [1.165, 1.54) is 12.1 Å². The van der Waals surface area contributed by atoms with Gasteiger partial charge in [0.2, 0.25) is 5.91 Å². The van der Waals surface area contributed by atoms with Gasteiger partial charge in [0.05, 0.1) is 6.61 Å². The topological polar surface area (TPSA) is 49.3 Å². The summed E-state index contributed by atoms with van der Waals surface area (Å²) in [7, 11) is 0. The molecule has 1 rings (SSSR count). The molecule has 1 amide bonds. The number of carbonyl (C=O) groups is 1. The molecular weight excluding hydrogens is 276 g/mol. The van der Waals surface area contributed by atoms with Gasteiger partial charge in [0.25, 0.3) is 0 Å². The zero-order chi connectivity index (χ0) is 16.3. The van der Waals surface area contributed by atoms with E-state index in [1.807, 2.05) is 27.7 Å². The Morgan fingerprint density at radius 1 is 1.24 bits per heavy atom. The zero-order valence-electron chi connectivity index (χ0n) is 13.0. The highest BCUT2D eigenvalue weighted by atomic mass is 19.2. The highest BCUT2D eigenvalue weighted by Crippen LogP contribution is 2.29. The van der Waals surface area contributed by atoms with Crippen LogP contribution in [0, 0.1) is 17.0 Å². The summed E-state index contributed by atoms with van der Waals surface area (Å²) in [4.78, 5) is 12.0. The van der Waals surface area contributed by atoms with Crippen molar-refractivity contribution < 1.29 is 18.7 Å². The summed E-state index contributed by atoms with van der Waals surface area (Å²) in [5.41, 5.74) is -0.920. The van der Waals surface area contributed by atoms with Gasteiger partial charge in [-0.2, -0.15) is 0 Å². The summed E-state index contributed by atoms with van der Waals surface area (Å²) in [5.74, 6) is -2.07. The van der Waals surface area contributed by atoms with Crippen LogP contribution in [-0.2, 0) is 11.2 Å². The van der Waals surface area contributed by atoms with E-state index in [4.69, 9.17) is 0 Å². The van der Waals surface area contributed by atoms with Gasteiger partial charge in [-0.25, -0.2) is 8.78 Å². The van der Waals surface area contributed by atoms with Crippen LogP contribution >= 0.6 is 0 Å². The van der Waals surface area contributed by atoms with Gasteiger partial charge < -0.3 is 10.4 Å². The van der Waals surface area contributed by atoms with Crippen molar-refractivity contribution >= 4 is 5.91 Å². The predicted molar refractivity (Wildman–Crippen MR) is 77.8 cm³/mol. The van der Waals surface area contributed by atoms with E-state index in [9.17, 15) is 18.7 Å². The Morgan fingerprint density at radius 3 is 2.43 bits per heavy atom. The normalized spacial score (nSPS) is 12.3. The fourth-order valence-corrected chi connectivity index (χ4v) is 1.77. The summed E-state index contributed by atoms with van der Waals surface area (Å²) < 4.78 is 26.6. The van der Waals surface area contributed by atoms with Crippen LogP contribution in [0.25, 0.3) is 0 Å². The quantitative estimate of drug-likeness (QED) is 0.848. The molecule has 0 fully saturated rings. The zero-order valence-corrected chi connectivity index (χ0v) is 13.0. The molecule has 0 aliphatic heterocycles. The minimum Gasteiger partial charge on any atom is -0.396 e. The molecule has 21 heavy (non-hydrogen) atoms. The number of aryl methyl sites for hydroxylation is 1. The Morgan fingerprint density at radius 2 is 1.86 bits per heavy atom. The van der Waals surface area contributed by atoms with Crippen molar-refractivity contribution in [3.63, 3.8) is 0 Å². The van der Waals surface area contributed by atoms with Crippen LogP contribution in [0.5, 0.6) is 0 Å². The van der Waals surface area contributed by atoms with Crippen molar-refractivity contribution in [1.82, 2.24) is 5.32 Å². The van der Waals surface area contributed by atoms with E-state index >= 15 is 0 Å². The van der Waals surface area contributed by atoms with Crippen molar-refractivity contribution in [3.8, 4) is 0 Å². The maximum atomic E-state index is 13.5. The lowest BCUT2D eigenvalue weighted by Crippen LogP contribution is -2.55. The number of aliphatic hydroxyl groups is 1. The lowest BCUT2D eigenvalue weighted by Gasteiger charge is -2.41. The third kappa shape index (κ3) is 4.24. The van der Waals surface area contributed by atoms with Crippen molar-refractivity contribution in [2.45, 2.75) is 46.1 Å². The Hall–Kier alpha value is -1.49. The maximum Gasteiger partial charge on any atom is 0.220 e. The van der Waals surface area contributed by atoms with E-state index in [2.05, 4.69) is 5.32 Å². The molecular formula is C16H23F2NO2. The third-order valence-corrected chi connectivity index (χ3v) is 4.19. The molecule has 0 unspecified atom stereocenters. The molecule has 5 heteroatoms. The van der Waals surface area contributed by atoms with Gasteiger partial charge in [0.15, 0.2) is 11.6 Å². The highest BCUT2D eigenvalue weighted by Gasteiger charge is 2.37. The molecule has 0 radical (unpaired) electrons. The Balaban J connectivity index is 2.65. The summed E-state index contributed by atoms with van der Waals surface area (Å²) in [6.07, 6.45) is 0.191. The van der Waals surface area contributed by atoms with Crippen LogP contribution in [0.4, 0.5) is 8.78 Å². The number of hydrogen-bond acceptors (Lipinski definition) is 2. The Kier molecular flexibility index (Phi) is 5.45. The summed E-state index contributed by atoms with van der Waals surface area (Å²) in [5, 5.41) is 12.2. The van der Waals surface area contributed by atoms with Crippen LogP contribution in [0.3, 0.4) is 0 Å². The number of rotatable bonds is 6. The molecule has 0 atom stereocenters. The molecule has 118 valence electrons. The fraction of sp³-hybridized carbons (Fsp3) is 0.562. The first-order valence-electron chi connectivity index (χ1n) is 6.95. The molecule has 1 aromatic carbocycles. The number of hydrogen-bond donors (Lipinski definition) is 2. The Labute approximate surface area is 124 Å². The second kappa shape index (κ2) is 6.52. The third-order valence-electron chi connectivity index (χ3n) is 4.19. The van der Waals surface area contributed by atoms with Crippen molar-refractivity contribution in [1.29, 1.82) is 0 Å². The Bertz CT molecular complexity index is 513. The SMILES string of the molecule is CC(C)(CO)C(C)(C)NC(=O)CCc1cccc(F)c1F. The summed E-state index contributed by atoms with van der Waals surface area (Å²) >= 11 is 0. The van der Waals surface area contributed by atoms with Crippen LogP contribution in [-0.4, -0.2) is 23.2 Å². The first kappa shape index (κ1) is 17.6. The molecule has 3 nitrogen and oxygen atoms in total. The summed E-state index contributed by atoms with van der Waals surface area (Å²) in [6.45, 7) is 7.27. The van der Waals surface area contributed by atoms with E-state index in [0.29, 0.717) is 0 Å². The monoisotopic (exact) mass is 299 g/mol. The van der Waals surface area contributed by atoms with Crippen molar-refractivity contribution in [3.05, 3.63) is 35.4 Å². The first-order valence-corrected chi connectivity index (χ1v) is 6.95. The second-order valence-electron chi connectivity index (χ2n) is 6.43. The molecule has 2 N–H and O–H groups in total. The number of halogens is 2. The van der Waals surface area contributed by atoms with Gasteiger partial charge in [0.1, 0.15) is 0 Å². The van der Waals surface area contributed by atoms with Gasteiger partial charge in [0, 0.05) is 17.4 Å². The first-order chi connectivity index (χ1) is 9.60. The van der Waals surface area contributed by atoms with Crippen molar-refractivity contribution in [2.75, 3.05) is 6.61 Å². The molecule has 0 aromatic heterocycles. The van der Waals surface area contributed by atoms with Gasteiger partial charge in [-0.05, 0) is 31.9 Å². The van der Waals surface area contributed by atoms with Crippen LogP contribution in [0.1, 0.15) is 39.7 Å². The number of amides is 1. The van der Waals surface area contributed by atoms with E-state index in [1.54, 1.807) is 0 Å². The smallest absolute Gasteiger partial charge is 0.220 e. The standard InChI is InChI=1S/C16H23F2NO2/c1-15(2,10-20)16(3,4)19-13(21)9-8-11-6-5-7-12(17)14(11)18/h5-7,20H,8-10H2,1-4H3,(H,19,21). The van der Waals surface area contributed by atoms with Crippen LogP contribution < -0.4 is 5.32 Å². The number of aliphatic hydroxyl groups excluding tert-OH is 1. The molecule has 0 aliphatic rings. The number of nitrogens with one attached hydrogen (secondary N) is 1. The molecule has 0 spiro atoms. The maximum absolute atomic E-state index is 13.5. The second-order valence-corrected chi connectivity index (χ2v) is 6.43. The van der Waals surface area contributed by atoms with Gasteiger partial charge >= 0.3 is 0 Å². The van der Waals surface area contributed by atoms with Crippen molar-refractivity contribution in [2.24, 2.45) is 5.41 Å². The minimum absolute atomic E-state index is 0.0608. The van der Waals surface area contributed by atoms with Gasteiger partial charge in [-0.15, -0.1) is 0 Å². The number of carbonyl (C=O) groups excluding carboxylic acids is 1. The highest BCUT2D eigenvalue weighted by molar-refractivity contribution is 5.77. The largest absolute Gasteiger partial charge is 0.396 e. The lowest BCUT2D eigenvalue weighted by atomic mass is 9.75. The predicted octanol–water partition coefficient (Wildman–Crippen LogP) is 2.81. The minimum atomic E-state index is -0.908. The molecule has 0 bridgehead atoms. The average molecular weight is 299 g/mol. The average Bonchev–Trinajstić information content (AvgIpc) is 2.39. The van der Waals surface area contributed by atoms with E-state index < -0.39 is 22.6 Å². The molecule has 0 heterocycles. The fourth-order valence-electron chi connectivity index (χ4n) is 1.77. The molecule has 0 saturated heterocycles. The van der Waals surface area contributed by atoms with Crippen LogP contribution in [0.2, 0.25) is 0 Å². The van der Waals surface area contributed by atoms with E-state index in [-0.39, 0.29) is 30.9 Å². The number of benzene rings is 1. The van der Waals surface area contributed by atoms with Crippen LogP contribution in [0.15, 0.2) is 18.2 Å². The molecule has 0 aliphatic carbocycles. The van der Waals surface area contributed by atoms with Gasteiger partial charge in [-0.1, -0.05) is 26.0 Å². The van der Waals surface area contributed by atoms with Gasteiger partial charge in [-0.3, -0.25) is 4.79 Å². The lowest BCUT2D eigenvalue weighted by molar-refractivity contribution is -0.124. The summed E-state index contributed by atoms with van der Waals surface area (Å²) in [6, 6.07) is 3.94. The van der Waals surface area contributed by atoms with E-state index in [0.717, 1.165) is 6.07 Å².